The van der Waals surface area contributed by atoms with Gasteiger partial charge in [0.25, 0.3) is 5.91 Å². The van der Waals surface area contributed by atoms with Crippen molar-refractivity contribution in [3.8, 4) is 11.8 Å². The average molecular weight is 291 g/mol. The summed E-state index contributed by atoms with van der Waals surface area (Å²) in [5, 5.41) is 10.5. The smallest absolute Gasteiger partial charge is 0.254 e. The summed E-state index contributed by atoms with van der Waals surface area (Å²) in [5.41, 5.74) is 0.704. The molecule has 108 valence electrons. The third kappa shape index (κ3) is 4.09. The summed E-state index contributed by atoms with van der Waals surface area (Å²) < 4.78 is 0. The van der Waals surface area contributed by atoms with Crippen molar-refractivity contribution in [3.05, 3.63) is 21.9 Å². The summed E-state index contributed by atoms with van der Waals surface area (Å²) >= 11 is 1.45. The number of aliphatic hydroxyl groups is 1. The summed E-state index contributed by atoms with van der Waals surface area (Å²) in [6.07, 6.45) is 6.42. The molecule has 0 aromatic carbocycles. The Hall–Kier alpha value is -1.31. The van der Waals surface area contributed by atoms with Gasteiger partial charge in [0.15, 0.2) is 0 Å². The van der Waals surface area contributed by atoms with Crippen molar-refractivity contribution in [2.75, 3.05) is 20.2 Å². The molecule has 1 aromatic rings. The van der Waals surface area contributed by atoms with Gasteiger partial charge < -0.3 is 10.0 Å². The highest BCUT2D eigenvalue weighted by Gasteiger charge is 2.19. The Bertz CT molecular complexity index is 506. The highest BCUT2D eigenvalue weighted by atomic mass is 32.1. The maximum atomic E-state index is 12.3. The van der Waals surface area contributed by atoms with E-state index in [4.69, 9.17) is 5.11 Å². The number of rotatable bonds is 3. The largest absolute Gasteiger partial charge is 0.384 e. The third-order valence-corrected chi connectivity index (χ3v) is 4.59. The van der Waals surface area contributed by atoms with E-state index in [-0.39, 0.29) is 12.5 Å². The fourth-order valence-corrected chi connectivity index (χ4v) is 3.45. The molecule has 0 unspecified atom stereocenters. The Morgan fingerprint density at radius 1 is 1.45 bits per heavy atom. The first-order valence-corrected chi connectivity index (χ1v) is 8.02. The number of carbonyl (C=O) groups excluding carboxylic acids is 1. The molecule has 0 atom stereocenters. The van der Waals surface area contributed by atoms with Crippen molar-refractivity contribution in [2.24, 2.45) is 5.92 Å². The van der Waals surface area contributed by atoms with Crippen molar-refractivity contribution in [1.29, 1.82) is 0 Å². The molecule has 4 heteroatoms. The molecule has 0 spiro atoms. The lowest BCUT2D eigenvalue weighted by Gasteiger charge is -2.26. The predicted molar refractivity (Wildman–Crippen MR) is 81.8 cm³/mol. The summed E-state index contributed by atoms with van der Waals surface area (Å²) in [5.74, 6) is 6.17. The number of aliphatic hydroxyl groups excluding tert-OH is 1. The van der Waals surface area contributed by atoms with E-state index in [1.165, 1.54) is 43.4 Å². The molecule has 1 fully saturated rings. The van der Waals surface area contributed by atoms with Crippen LogP contribution in [-0.2, 0) is 0 Å². The van der Waals surface area contributed by atoms with Gasteiger partial charge >= 0.3 is 0 Å². The van der Waals surface area contributed by atoms with Gasteiger partial charge in [0, 0.05) is 19.0 Å². The van der Waals surface area contributed by atoms with Crippen LogP contribution in [0.15, 0.2) is 11.4 Å². The maximum Gasteiger partial charge on any atom is 0.254 e. The van der Waals surface area contributed by atoms with E-state index in [0.29, 0.717) is 11.5 Å². The number of hydrogen-bond donors (Lipinski definition) is 1. The Labute approximate surface area is 124 Å². The molecule has 1 aromatic heterocycles. The lowest BCUT2D eigenvalue weighted by molar-refractivity contribution is 0.0761. The number of thiophene rings is 1. The zero-order chi connectivity index (χ0) is 14.4. The first kappa shape index (κ1) is 15.1. The SMILES string of the molecule is CN(CC1CCCCC1)C(=O)c1csc(C#CCO)c1. The number of nitrogens with zero attached hydrogens (tertiary/aromatic N) is 1. The standard InChI is InChI=1S/C16H21NO2S/c1-17(11-13-6-3-2-4-7-13)16(19)14-10-15(20-12-14)8-5-9-18/h10,12-13,18H,2-4,6-7,9,11H2,1H3. The van der Waals surface area contributed by atoms with Crippen molar-refractivity contribution < 1.29 is 9.90 Å². The van der Waals surface area contributed by atoms with Crippen molar-refractivity contribution in [2.45, 2.75) is 32.1 Å². The first-order valence-electron chi connectivity index (χ1n) is 7.14. The molecule has 2 rings (SSSR count). The molecule has 1 aliphatic rings. The number of hydrogen-bond acceptors (Lipinski definition) is 3. The van der Waals surface area contributed by atoms with Crippen LogP contribution in [0, 0.1) is 17.8 Å². The van der Waals surface area contributed by atoms with Crippen LogP contribution in [0.5, 0.6) is 0 Å². The molecule has 0 radical (unpaired) electrons. The maximum absolute atomic E-state index is 12.3. The Morgan fingerprint density at radius 3 is 2.90 bits per heavy atom. The fraction of sp³-hybridized carbons (Fsp3) is 0.562. The monoisotopic (exact) mass is 291 g/mol. The van der Waals surface area contributed by atoms with Crippen LogP contribution >= 0.6 is 11.3 Å². The normalized spacial score (nSPS) is 15.5. The average Bonchev–Trinajstić information content (AvgIpc) is 2.94. The second-order valence-corrected chi connectivity index (χ2v) is 6.26. The van der Waals surface area contributed by atoms with Gasteiger partial charge in [0.2, 0.25) is 0 Å². The Kier molecular flexibility index (Phi) is 5.63. The van der Waals surface area contributed by atoms with Gasteiger partial charge in [-0.15, -0.1) is 11.3 Å². The molecular formula is C16H21NO2S. The lowest BCUT2D eigenvalue weighted by Crippen LogP contribution is -2.32. The Morgan fingerprint density at radius 2 is 2.20 bits per heavy atom. The van der Waals surface area contributed by atoms with Crippen LogP contribution in [0.4, 0.5) is 0 Å². The summed E-state index contributed by atoms with van der Waals surface area (Å²) in [6, 6.07) is 1.81. The van der Waals surface area contributed by atoms with Gasteiger partial charge in [-0.25, -0.2) is 0 Å². The number of carbonyl (C=O) groups is 1. The van der Waals surface area contributed by atoms with E-state index in [1.54, 1.807) is 0 Å². The predicted octanol–water partition coefficient (Wildman–Crippen LogP) is 2.74. The van der Waals surface area contributed by atoms with Gasteiger partial charge in [-0.3, -0.25) is 4.79 Å². The van der Waals surface area contributed by atoms with E-state index < -0.39 is 0 Å². The van der Waals surface area contributed by atoms with Gasteiger partial charge in [0.1, 0.15) is 6.61 Å². The van der Waals surface area contributed by atoms with Crippen LogP contribution in [0.1, 0.15) is 47.3 Å². The third-order valence-electron chi connectivity index (χ3n) is 3.74. The van der Waals surface area contributed by atoms with Gasteiger partial charge in [-0.2, -0.15) is 0 Å². The summed E-state index contributed by atoms with van der Waals surface area (Å²) in [6.45, 7) is 0.703. The van der Waals surface area contributed by atoms with E-state index in [9.17, 15) is 4.79 Å². The lowest BCUT2D eigenvalue weighted by atomic mass is 9.89. The second kappa shape index (κ2) is 7.47. The minimum atomic E-state index is -0.150. The molecule has 1 aliphatic carbocycles. The van der Waals surface area contributed by atoms with Crippen molar-refractivity contribution >= 4 is 17.2 Å². The van der Waals surface area contributed by atoms with Crippen LogP contribution in [0.25, 0.3) is 0 Å². The fourth-order valence-electron chi connectivity index (χ4n) is 2.70. The first-order chi connectivity index (χ1) is 9.70. The molecule has 0 bridgehead atoms. The quantitative estimate of drug-likeness (QED) is 0.870. The van der Waals surface area contributed by atoms with E-state index >= 15 is 0 Å². The highest BCUT2D eigenvalue weighted by Crippen LogP contribution is 2.25. The molecular weight excluding hydrogens is 270 g/mol. The second-order valence-electron chi connectivity index (χ2n) is 5.35. The number of amides is 1. The van der Waals surface area contributed by atoms with Crippen LogP contribution in [0.2, 0.25) is 0 Å². The molecule has 0 aliphatic heterocycles. The summed E-state index contributed by atoms with van der Waals surface area (Å²) in [4.78, 5) is 15.0. The van der Waals surface area contributed by atoms with Gasteiger partial charge in [0.05, 0.1) is 10.4 Å². The molecule has 1 N–H and O–H groups in total. The van der Waals surface area contributed by atoms with Crippen LogP contribution in [-0.4, -0.2) is 36.1 Å². The molecule has 1 amide bonds. The highest BCUT2D eigenvalue weighted by molar-refractivity contribution is 7.10. The molecule has 1 saturated carbocycles. The topological polar surface area (TPSA) is 40.5 Å². The molecule has 20 heavy (non-hydrogen) atoms. The van der Waals surface area contributed by atoms with Crippen LogP contribution in [0.3, 0.4) is 0 Å². The van der Waals surface area contributed by atoms with Gasteiger partial charge in [-0.05, 0) is 24.8 Å². The molecule has 1 heterocycles. The van der Waals surface area contributed by atoms with Crippen molar-refractivity contribution in [3.63, 3.8) is 0 Å². The zero-order valence-electron chi connectivity index (χ0n) is 11.9. The van der Waals surface area contributed by atoms with Crippen molar-refractivity contribution in [1.82, 2.24) is 4.90 Å². The van der Waals surface area contributed by atoms with E-state index in [1.807, 2.05) is 23.4 Å². The molecule has 3 nitrogen and oxygen atoms in total. The zero-order valence-corrected chi connectivity index (χ0v) is 12.7. The van der Waals surface area contributed by atoms with Gasteiger partial charge in [-0.1, -0.05) is 31.1 Å². The summed E-state index contributed by atoms with van der Waals surface area (Å²) in [7, 11) is 1.88. The van der Waals surface area contributed by atoms with E-state index in [2.05, 4.69) is 11.8 Å². The minimum Gasteiger partial charge on any atom is -0.384 e. The Balaban J connectivity index is 1.93. The minimum absolute atomic E-state index is 0.0730. The molecule has 0 saturated heterocycles. The van der Waals surface area contributed by atoms with E-state index in [0.717, 1.165) is 11.4 Å². The van der Waals surface area contributed by atoms with Crippen LogP contribution < -0.4 is 0 Å².